The van der Waals surface area contributed by atoms with Crippen LogP contribution < -0.4 is 5.32 Å². The van der Waals surface area contributed by atoms with Gasteiger partial charge in [-0.15, -0.1) is 0 Å². The number of nitrogens with one attached hydrogen (secondary N) is 1. The van der Waals surface area contributed by atoms with E-state index in [1.807, 2.05) is 6.07 Å². The molecule has 132 valence electrons. The van der Waals surface area contributed by atoms with Crippen molar-refractivity contribution in [1.29, 1.82) is 0 Å². The Morgan fingerprint density at radius 2 is 2.24 bits per heavy atom. The molecule has 1 amide bonds. The summed E-state index contributed by atoms with van der Waals surface area (Å²) in [6, 6.07) is 7.17. The Morgan fingerprint density at radius 3 is 2.92 bits per heavy atom. The number of amides is 1. The first-order valence-corrected chi connectivity index (χ1v) is 8.34. The summed E-state index contributed by atoms with van der Waals surface area (Å²) in [5.74, 6) is -1.10. The average molecular weight is 343 g/mol. The number of anilines is 1. The van der Waals surface area contributed by atoms with Crippen molar-refractivity contribution >= 4 is 17.6 Å². The molecular formula is C18H21N3O4. The molecule has 7 nitrogen and oxygen atoms in total. The summed E-state index contributed by atoms with van der Waals surface area (Å²) < 4.78 is 7.13. The van der Waals surface area contributed by atoms with Gasteiger partial charge in [0.1, 0.15) is 5.56 Å². The molecule has 1 aliphatic heterocycles. The van der Waals surface area contributed by atoms with Crippen LogP contribution >= 0.6 is 0 Å². The van der Waals surface area contributed by atoms with Gasteiger partial charge in [-0.1, -0.05) is 6.07 Å². The molecule has 1 fully saturated rings. The number of hydrogen-bond donors (Lipinski definition) is 2. The second-order valence-corrected chi connectivity index (χ2v) is 6.15. The molecule has 1 unspecified atom stereocenters. The van der Waals surface area contributed by atoms with E-state index in [4.69, 9.17) is 9.84 Å². The first kappa shape index (κ1) is 17.2. The van der Waals surface area contributed by atoms with Gasteiger partial charge in [-0.25, -0.2) is 9.48 Å². The first-order valence-electron chi connectivity index (χ1n) is 8.34. The molecule has 0 saturated carbocycles. The molecule has 2 heterocycles. The van der Waals surface area contributed by atoms with Crippen LogP contribution in [-0.4, -0.2) is 39.5 Å². The summed E-state index contributed by atoms with van der Waals surface area (Å²) in [7, 11) is 0. The van der Waals surface area contributed by atoms with E-state index < -0.39 is 5.97 Å². The minimum absolute atomic E-state index is 0.0107. The Bertz CT molecular complexity index is 778. The van der Waals surface area contributed by atoms with Crippen LogP contribution in [0, 0.1) is 6.92 Å². The molecule has 0 radical (unpaired) electrons. The van der Waals surface area contributed by atoms with Crippen molar-refractivity contribution in [2.24, 2.45) is 0 Å². The fourth-order valence-electron chi connectivity index (χ4n) is 2.98. The van der Waals surface area contributed by atoms with Crippen LogP contribution in [0.15, 0.2) is 30.5 Å². The molecule has 1 aromatic heterocycles. The SMILES string of the molecule is Cc1c(C(=O)O)cnn1-c1cccc(NC(=O)CC2CCCCO2)c1. The molecule has 1 saturated heterocycles. The van der Waals surface area contributed by atoms with Crippen LogP contribution in [0.2, 0.25) is 0 Å². The topological polar surface area (TPSA) is 93.5 Å². The lowest BCUT2D eigenvalue weighted by Gasteiger charge is -2.22. The molecule has 0 aliphatic carbocycles. The highest BCUT2D eigenvalue weighted by Gasteiger charge is 2.18. The highest BCUT2D eigenvalue weighted by atomic mass is 16.5. The van der Waals surface area contributed by atoms with Crippen LogP contribution in [0.1, 0.15) is 41.7 Å². The van der Waals surface area contributed by atoms with Gasteiger partial charge in [-0.05, 0) is 44.4 Å². The van der Waals surface area contributed by atoms with Crippen LogP contribution in [0.3, 0.4) is 0 Å². The summed E-state index contributed by atoms with van der Waals surface area (Å²) in [5.41, 5.74) is 2.03. The normalized spacial score (nSPS) is 17.2. The Balaban J connectivity index is 1.71. The lowest BCUT2D eigenvalue weighted by Crippen LogP contribution is -2.25. The molecule has 2 aromatic rings. The van der Waals surface area contributed by atoms with Gasteiger partial charge in [-0.2, -0.15) is 5.10 Å². The Kier molecular flexibility index (Phi) is 5.14. The predicted octanol–water partition coefficient (Wildman–Crippen LogP) is 2.78. The van der Waals surface area contributed by atoms with Crippen LogP contribution in [0.25, 0.3) is 5.69 Å². The number of rotatable bonds is 5. The van der Waals surface area contributed by atoms with E-state index in [1.54, 1.807) is 29.8 Å². The number of aromatic nitrogens is 2. The zero-order valence-corrected chi connectivity index (χ0v) is 14.1. The third kappa shape index (κ3) is 4.06. The van der Waals surface area contributed by atoms with E-state index in [9.17, 15) is 9.59 Å². The Labute approximate surface area is 145 Å². The minimum atomic E-state index is -1.01. The fourth-order valence-corrected chi connectivity index (χ4v) is 2.98. The molecule has 0 bridgehead atoms. The summed E-state index contributed by atoms with van der Waals surface area (Å²) in [6.07, 6.45) is 4.72. The van der Waals surface area contributed by atoms with E-state index >= 15 is 0 Å². The first-order chi connectivity index (χ1) is 12.0. The molecule has 1 aromatic carbocycles. The van der Waals surface area contributed by atoms with Gasteiger partial charge in [0.2, 0.25) is 5.91 Å². The van der Waals surface area contributed by atoms with Crippen LogP contribution in [0.5, 0.6) is 0 Å². The maximum Gasteiger partial charge on any atom is 0.339 e. The zero-order chi connectivity index (χ0) is 17.8. The quantitative estimate of drug-likeness (QED) is 0.871. The Hall–Kier alpha value is -2.67. The number of hydrogen-bond acceptors (Lipinski definition) is 4. The second kappa shape index (κ2) is 7.48. The number of aromatic carboxylic acids is 1. The monoisotopic (exact) mass is 343 g/mol. The number of carbonyl (C=O) groups is 2. The smallest absolute Gasteiger partial charge is 0.339 e. The summed E-state index contributed by atoms with van der Waals surface area (Å²) in [6.45, 7) is 2.42. The molecule has 7 heteroatoms. The molecule has 2 N–H and O–H groups in total. The fraction of sp³-hybridized carbons (Fsp3) is 0.389. The highest BCUT2D eigenvalue weighted by Crippen LogP contribution is 2.20. The van der Waals surface area contributed by atoms with Crippen molar-refractivity contribution < 1.29 is 19.4 Å². The highest BCUT2D eigenvalue weighted by molar-refractivity contribution is 5.91. The third-order valence-electron chi connectivity index (χ3n) is 4.30. The van der Waals surface area contributed by atoms with E-state index in [0.717, 1.165) is 25.9 Å². The number of carboxylic acids is 1. The van der Waals surface area contributed by atoms with Gasteiger partial charge in [-0.3, -0.25) is 4.79 Å². The molecule has 3 rings (SSSR count). The average Bonchev–Trinajstić information content (AvgIpc) is 2.97. The van der Waals surface area contributed by atoms with Gasteiger partial charge < -0.3 is 15.2 Å². The minimum Gasteiger partial charge on any atom is -0.478 e. The number of carboxylic acid groups (broad SMARTS) is 1. The molecule has 1 atom stereocenters. The van der Waals surface area contributed by atoms with Crippen molar-refractivity contribution in [3.05, 3.63) is 41.7 Å². The van der Waals surface area contributed by atoms with Gasteiger partial charge in [0.15, 0.2) is 0 Å². The maximum absolute atomic E-state index is 12.2. The van der Waals surface area contributed by atoms with Gasteiger partial charge in [0.25, 0.3) is 0 Å². The molecule has 0 spiro atoms. The zero-order valence-electron chi connectivity index (χ0n) is 14.1. The largest absolute Gasteiger partial charge is 0.478 e. The third-order valence-corrected chi connectivity index (χ3v) is 4.30. The Morgan fingerprint density at radius 1 is 1.40 bits per heavy atom. The lowest BCUT2D eigenvalue weighted by molar-refractivity contribution is -0.119. The van der Waals surface area contributed by atoms with E-state index in [-0.39, 0.29) is 17.6 Å². The molecule has 1 aliphatic rings. The summed E-state index contributed by atoms with van der Waals surface area (Å²) >= 11 is 0. The van der Waals surface area contributed by atoms with E-state index in [2.05, 4.69) is 10.4 Å². The number of ether oxygens (including phenoxy) is 1. The van der Waals surface area contributed by atoms with Crippen molar-refractivity contribution in [2.45, 2.75) is 38.7 Å². The van der Waals surface area contributed by atoms with E-state index in [1.165, 1.54) is 6.20 Å². The maximum atomic E-state index is 12.2. The van der Waals surface area contributed by atoms with Gasteiger partial charge in [0, 0.05) is 12.3 Å². The standard InChI is InChI=1S/C18H21N3O4/c1-12-16(18(23)24)11-19-21(12)14-6-4-5-13(9-14)20-17(22)10-15-7-2-3-8-25-15/h4-6,9,11,15H,2-3,7-8,10H2,1H3,(H,20,22)(H,23,24). The number of benzene rings is 1. The molecule has 25 heavy (non-hydrogen) atoms. The molecular weight excluding hydrogens is 322 g/mol. The predicted molar refractivity (Wildman–Crippen MR) is 92.1 cm³/mol. The number of carbonyl (C=O) groups excluding carboxylic acids is 1. The number of nitrogens with zero attached hydrogens (tertiary/aromatic N) is 2. The summed E-state index contributed by atoms with van der Waals surface area (Å²) in [5, 5.41) is 16.1. The van der Waals surface area contributed by atoms with Gasteiger partial charge >= 0.3 is 5.97 Å². The van der Waals surface area contributed by atoms with E-state index in [0.29, 0.717) is 23.5 Å². The summed E-state index contributed by atoms with van der Waals surface area (Å²) in [4.78, 5) is 23.3. The van der Waals surface area contributed by atoms with Crippen molar-refractivity contribution in [3.63, 3.8) is 0 Å². The second-order valence-electron chi connectivity index (χ2n) is 6.15. The van der Waals surface area contributed by atoms with Crippen LogP contribution in [0.4, 0.5) is 5.69 Å². The van der Waals surface area contributed by atoms with Crippen molar-refractivity contribution in [1.82, 2.24) is 9.78 Å². The van der Waals surface area contributed by atoms with Crippen molar-refractivity contribution in [2.75, 3.05) is 11.9 Å². The van der Waals surface area contributed by atoms with Gasteiger partial charge in [0.05, 0.1) is 30.1 Å². The lowest BCUT2D eigenvalue weighted by atomic mass is 10.1. The van der Waals surface area contributed by atoms with Crippen molar-refractivity contribution in [3.8, 4) is 5.69 Å². The van der Waals surface area contributed by atoms with Crippen LogP contribution in [-0.2, 0) is 9.53 Å².